The average Bonchev–Trinajstić information content (AvgIpc) is 2.75. The number of hydrogen-bond donors (Lipinski definition) is 0. The summed E-state index contributed by atoms with van der Waals surface area (Å²) in [6.45, 7) is 1.00. The van der Waals surface area contributed by atoms with Gasteiger partial charge in [-0.1, -0.05) is 18.2 Å². The molecule has 152 valence electrons. The third-order valence-electron chi connectivity index (χ3n) is 4.83. The SMILES string of the molecule is CN(C)CCCc1nc(-c2ccc(Oc3ccc(F)cc3)cc2)c2ccccc2n1. The second-order valence-electron chi connectivity index (χ2n) is 7.49. The van der Waals surface area contributed by atoms with Crippen molar-refractivity contribution in [3.63, 3.8) is 0 Å². The Morgan fingerprint density at radius 2 is 1.50 bits per heavy atom. The Hall–Kier alpha value is -3.31. The van der Waals surface area contributed by atoms with Crippen molar-refractivity contribution in [2.45, 2.75) is 12.8 Å². The highest BCUT2D eigenvalue weighted by molar-refractivity contribution is 5.92. The van der Waals surface area contributed by atoms with E-state index in [1.165, 1.54) is 12.1 Å². The smallest absolute Gasteiger partial charge is 0.129 e. The van der Waals surface area contributed by atoms with Gasteiger partial charge in [-0.05, 0) is 81.7 Å². The van der Waals surface area contributed by atoms with Gasteiger partial charge in [-0.25, -0.2) is 14.4 Å². The Labute approximate surface area is 176 Å². The number of fused-ring (bicyclic) bond motifs is 1. The minimum absolute atomic E-state index is 0.283. The Morgan fingerprint density at radius 1 is 0.833 bits per heavy atom. The van der Waals surface area contributed by atoms with Crippen LogP contribution >= 0.6 is 0 Å². The van der Waals surface area contributed by atoms with Gasteiger partial charge in [0.15, 0.2) is 0 Å². The van der Waals surface area contributed by atoms with Crippen LogP contribution in [0.3, 0.4) is 0 Å². The van der Waals surface area contributed by atoms with E-state index in [1.54, 1.807) is 12.1 Å². The normalized spacial score (nSPS) is 11.2. The fourth-order valence-electron chi connectivity index (χ4n) is 3.33. The van der Waals surface area contributed by atoms with Crippen molar-refractivity contribution in [3.05, 3.63) is 84.4 Å². The summed E-state index contributed by atoms with van der Waals surface area (Å²) in [6.07, 6.45) is 1.84. The van der Waals surface area contributed by atoms with Crippen LogP contribution < -0.4 is 4.74 Å². The zero-order valence-electron chi connectivity index (χ0n) is 17.2. The van der Waals surface area contributed by atoms with Gasteiger partial charge in [-0.15, -0.1) is 0 Å². The van der Waals surface area contributed by atoms with Crippen LogP contribution in [0.25, 0.3) is 22.2 Å². The highest BCUT2D eigenvalue weighted by atomic mass is 19.1. The molecule has 3 aromatic carbocycles. The van der Waals surface area contributed by atoms with Crippen molar-refractivity contribution in [3.8, 4) is 22.8 Å². The number of benzene rings is 3. The standard InChI is InChI=1S/C25H24FN3O/c1-29(2)17-5-8-24-27-23-7-4-3-6-22(23)25(28-24)18-9-13-20(14-10-18)30-21-15-11-19(26)12-16-21/h3-4,6-7,9-16H,5,8,17H2,1-2H3. The van der Waals surface area contributed by atoms with Crippen molar-refractivity contribution in [1.29, 1.82) is 0 Å². The summed E-state index contributed by atoms with van der Waals surface area (Å²) in [5.74, 6) is 1.86. The van der Waals surface area contributed by atoms with Crippen LogP contribution in [0, 0.1) is 5.82 Å². The van der Waals surface area contributed by atoms with Crippen LogP contribution in [0.2, 0.25) is 0 Å². The predicted molar refractivity (Wildman–Crippen MR) is 118 cm³/mol. The Kier molecular flexibility index (Phi) is 6.00. The number of ether oxygens (including phenoxy) is 1. The number of aromatic nitrogens is 2. The van der Waals surface area contributed by atoms with Crippen LogP contribution in [0.5, 0.6) is 11.5 Å². The highest BCUT2D eigenvalue weighted by Gasteiger charge is 2.10. The minimum atomic E-state index is -0.283. The van der Waals surface area contributed by atoms with E-state index in [4.69, 9.17) is 14.7 Å². The number of halogens is 1. The third-order valence-corrected chi connectivity index (χ3v) is 4.83. The van der Waals surface area contributed by atoms with Gasteiger partial charge in [-0.2, -0.15) is 0 Å². The molecule has 30 heavy (non-hydrogen) atoms. The number of para-hydroxylation sites is 1. The van der Waals surface area contributed by atoms with Crippen molar-refractivity contribution in [1.82, 2.24) is 14.9 Å². The first-order chi connectivity index (χ1) is 14.6. The maximum absolute atomic E-state index is 13.1. The van der Waals surface area contributed by atoms with Gasteiger partial charge < -0.3 is 9.64 Å². The Morgan fingerprint density at radius 3 is 2.20 bits per heavy atom. The van der Waals surface area contributed by atoms with Crippen LogP contribution in [-0.2, 0) is 6.42 Å². The lowest BCUT2D eigenvalue weighted by molar-refractivity contribution is 0.399. The molecule has 0 saturated carbocycles. The van der Waals surface area contributed by atoms with Gasteiger partial charge in [0.2, 0.25) is 0 Å². The van der Waals surface area contributed by atoms with E-state index in [1.807, 2.05) is 42.5 Å². The summed E-state index contributed by atoms with van der Waals surface area (Å²) >= 11 is 0. The summed E-state index contributed by atoms with van der Waals surface area (Å²) in [7, 11) is 4.14. The lowest BCUT2D eigenvalue weighted by atomic mass is 10.1. The summed E-state index contributed by atoms with van der Waals surface area (Å²) in [5, 5.41) is 1.03. The molecule has 4 nitrogen and oxygen atoms in total. The summed E-state index contributed by atoms with van der Waals surface area (Å²) < 4.78 is 18.9. The zero-order chi connectivity index (χ0) is 20.9. The predicted octanol–water partition coefficient (Wildman–Crippen LogP) is 5.72. The van der Waals surface area contributed by atoms with E-state index < -0.39 is 0 Å². The van der Waals surface area contributed by atoms with Crippen molar-refractivity contribution in [2.24, 2.45) is 0 Å². The van der Waals surface area contributed by atoms with Crippen molar-refractivity contribution >= 4 is 10.9 Å². The topological polar surface area (TPSA) is 38.2 Å². The monoisotopic (exact) mass is 401 g/mol. The molecule has 0 N–H and O–H groups in total. The van der Waals surface area contributed by atoms with Crippen LogP contribution in [-0.4, -0.2) is 35.5 Å². The molecular formula is C25H24FN3O. The van der Waals surface area contributed by atoms with E-state index in [0.717, 1.165) is 47.4 Å². The highest BCUT2D eigenvalue weighted by Crippen LogP contribution is 2.29. The van der Waals surface area contributed by atoms with Gasteiger partial charge in [0.25, 0.3) is 0 Å². The second kappa shape index (κ2) is 9.01. The first kappa shape index (κ1) is 20.0. The van der Waals surface area contributed by atoms with E-state index in [-0.39, 0.29) is 5.82 Å². The van der Waals surface area contributed by atoms with Gasteiger partial charge in [-0.3, -0.25) is 0 Å². The van der Waals surface area contributed by atoms with Gasteiger partial charge in [0.1, 0.15) is 23.1 Å². The molecule has 0 atom stereocenters. The number of hydrogen-bond acceptors (Lipinski definition) is 4. The average molecular weight is 401 g/mol. The largest absolute Gasteiger partial charge is 0.457 e. The molecule has 1 heterocycles. The molecule has 0 aliphatic rings. The fourth-order valence-corrected chi connectivity index (χ4v) is 3.33. The van der Waals surface area contributed by atoms with Crippen LogP contribution in [0.15, 0.2) is 72.8 Å². The maximum Gasteiger partial charge on any atom is 0.129 e. The zero-order valence-corrected chi connectivity index (χ0v) is 17.2. The molecule has 0 amide bonds. The Balaban J connectivity index is 1.61. The molecular weight excluding hydrogens is 377 g/mol. The molecule has 0 aliphatic carbocycles. The number of nitrogens with zero attached hydrogens (tertiary/aromatic N) is 3. The lowest BCUT2D eigenvalue weighted by Gasteiger charge is -2.12. The minimum Gasteiger partial charge on any atom is -0.457 e. The fraction of sp³-hybridized carbons (Fsp3) is 0.200. The van der Waals surface area contributed by atoms with Crippen LogP contribution in [0.1, 0.15) is 12.2 Å². The van der Waals surface area contributed by atoms with E-state index >= 15 is 0 Å². The number of aryl methyl sites for hydroxylation is 1. The first-order valence-electron chi connectivity index (χ1n) is 10.0. The Bertz CT molecular complexity index is 1130. The molecule has 0 spiro atoms. The quantitative estimate of drug-likeness (QED) is 0.397. The molecule has 1 aromatic heterocycles. The van der Waals surface area contributed by atoms with Gasteiger partial charge in [0, 0.05) is 17.4 Å². The van der Waals surface area contributed by atoms with Gasteiger partial charge in [0.05, 0.1) is 11.2 Å². The van der Waals surface area contributed by atoms with Crippen molar-refractivity contribution < 1.29 is 9.13 Å². The molecule has 4 aromatic rings. The molecule has 0 fully saturated rings. The first-order valence-corrected chi connectivity index (χ1v) is 10.0. The third kappa shape index (κ3) is 4.81. The molecule has 0 unspecified atom stereocenters. The summed E-state index contributed by atoms with van der Waals surface area (Å²) in [6, 6.07) is 21.9. The van der Waals surface area contributed by atoms with E-state index in [9.17, 15) is 4.39 Å². The molecule has 0 bridgehead atoms. The molecule has 0 radical (unpaired) electrons. The van der Waals surface area contributed by atoms with E-state index in [0.29, 0.717) is 11.5 Å². The molecule has 4 rings (SSSR count). The molecule has 0 aliphatic heterocycles. The second-order valence-corrected chi connectivity index (χ2v) is 7.49. The maximum atomic E-state index is 13.1. The molecule has 5 heteroatoms. The van der Waals surface area contributed by atoms with Gasteiger partial charge >= 0.3 is 0 Å². The van der Waals surface area contributed by atoms with Crippen LogP contribution in [0.4, 0.5) is 4.39 Å². The lowest BCUT2D eigenvalue weighted by Crippen LogP contribution is -2.14. The van der Waals surface area contributed by atoms with Crippen molar-refractivity contribution in [2.75, 3.05) is 20.6 Å². The summed E-state index contributed by atoms with van der Waals surface area (Å²) in [4.78, 5) is 11.8. The number of rotatable bonds is 7. The summed E-state index contributed by atoms with van der Waals surface area (Å²) in [5.41, 5.74) is 2.89. The molecule has 0 saturated heterocycles. The van der Waals surface area contributed by atoms with E-state index in [2.05, 4.69) is 25.1 Å².